The maximum absolute atomic E-state index is 6.10. The number of hydrogen-bond donors (Lipinski definition) is 0. The smallest absolute Gasteiger partial charge is 0.123 e. The van der Waals surface area contributed by atoms with Crippen LogP contribution in [0.1, 0.15) is 115 Å². The summed E-state index contributed by atoms with van der Waals surface area (Å²) in [4.78, 5) is 0. The molecule has 0 aliphatic heterocycles. The summed E-state index contributed by atoms with van der Waals surface area (Å²) in [5.74, 6) is 2.13. The molecule has 1 radical (unpaired) electrons. The maximum atomic E-state index is 6.10. The van der Waals surface area contributed by atoms with Crippen LogP contribution in [0.5, 0.6) is 5.75 Å². The Morgan fingerprint density at radius 3 is 2.41 bits per heavy atom. The van der Waals surface area contributed by atoms with Crippen molar-refractivity contribution in [2.45, 2.75) is 116 Å². The van der Waals surface area contributed by atoms with Crippen LogP contribution < -0.4 is 4.74 Å². The van der Waals surface area contributed by atoms with Crippen molar-refractivity contribution in [1.29, 1.82) is 0 Å². The molecular formula is C26H43O. The lowest BCUT2D eigenvalue weighted by Crippen LogP contribution is -2.01. The van der Waals surface area contributed by atoms with E-state index in [-0.39, 0.29) is 0 Å². The molecule has 0 bridgehead atoms. The van der Waals surface area contributed by atoms with E-state index in [0.717, 1.165) is 24.7 Å². The lowest BCUT2D eigenvalue weighted by atomic mass is 9.99. The minimum Gasteiger partial charge on any atom is -0.493 e. The molecule has 1 aromatic carbocycles. The Morgan fingerprint density at radius 2 is 1.59 bits per heavy atom. The number of rotatable bonds is 16. The van der Waals surface area contributed by atoms with Crippen LogP contribution in [0.25, 0.3) is 0 Å². The van der Waals surface area contributed by atoms with Crippen LogP contribution in [0.15, 0.2) is 18.2 Å². The SMILES string of the molecule is CCCCCCCCCc1cc[c]cc1OCCCCCCC1CCCC1. The topological polar surface area (TPSA) is 9.23 Å². The van der Waals surface area contributed by atoms with E-state index in [1.54, 1.807) is 0 Å². The van der Waals surface area contributed by atoms with Gasteiger partial charge in [-0.25, -0.2) is 0 Å². The lowest BCUT2D eigenvalue weighted by molar-refractivity contribution is 0.300. The van der Waals surface area contributed by atoms with Gasteiger partial charge >= 0.3 is 0 Å². The van der Waals surface area contributed by atoms with Gasteiger partial charge in [0.2, 0.25) is 0 Å². The highest BCUT2D eigenvalue weighted by atomic mass is 16.5. The Kier molecular flexibility index (Phi) is 12.4. The molecule has 1 aliphatic carbocycles. The fourth-order valence-electron chi connectivity index (χ4n) is 4.43. The van der Waals surface area contributed by atoms with Crippen LogP contribution in [-0.4, -0.2) is 6.61 Å². The average molecular weight is 372 g/mol. The van der Waals surface area contributed by atoms with Crippen LogP contribution in [0.2, 0.25) is 0 Å². The van der Waals surface area contributed by atoms with Gasteiger partial charge in [-0.3, -0.25) is 0 Å². The number of unbranched alkanes of at least 4 members (excludes halogenated alkanes) is 9. The van der Waals surface area contributed by atoms with E-state index >= 15 is 0 Å². The van der Waals surface area contributed by atoms with Crippen LogP contribution in [0.4, 0.5) is 0 Å². The fourth-order valence-corrected chi connectivity index (χ4v) is 4.43. The molecule has 0 unspecified atom stereocenters. The van der Waals surface area contributed by atoms with Gasteiger partial charge in [0.25, 0.3) is 0 Å². The zero-order valence-corrected chi connectivity index (χ0v) is 17.9. The molecule has 1 aromatic rings. The largest absolute Gasteiger partial charge is 0.493 e. The number of hydrogen-bond acceptors (Lipinski definition) is 1. The Balaban J connectivity index is 1.51. The molecule has 0 aromatic heterocycles. The second kappa shape index (κ2) is 15.0. The van der Waals surface area contributed by atoms with Crippen molar-refractivity contribution in [1.82, 2.24) is 0 Å². The molecule has 2 rings (SSSR count). The van der Waals surface area contributed by atoms with Crippen LogP contribution in [0, 0.1) is 12.0 Å². The minimum absolute atomic E-state index is 0.866. The average Bonchev–Trinajstić information content (AvgIpc) is 3.21. The zero-order valence-electron chi connectivity index (χ0n) is 17.9. The molecule has 1 heteroatoms. The van der Waals surface area contributed by atoms with Crippen molar-refractivity contribution < 1.29 is 4.74 Å². The molecule has 1 nitrogen and oxygen atoms in total. The van der Waals surface area contributed by atoms with Crippen molar-refractivity contribution in [3.63, 3.8) is 0 Å². The first-order valence-electron chi connectivity index (χ1n) is 12.0. The third kappa shape index (κ3) is 10.2. The van der Waals surface area contributed by atoms with Gasteiger partial charge in [-0.15, -0.1) is 0 Å². The van der Waals surface area contributed by atoms with Gasteiger partial charge in [0.15, 0.2) is 0 Å². The van der Waals surface area contributed by atoms with Crippen molar-refractivity contribution in [3.8, 4) is 5.75 Å². The second-order valence-electron chi connectivity index (χ2n) is 8.61. The van der Waals surface area contributed by atoms with E-state index in [9.17, 15) is 0 Å². The first kappa shape index (κ1) is 22.3. The van der Waals surface area contributed by atoms with Gasteiger partial charge in [0.05, 0.1) is 6.61 Å². The summed E-state index contributed by atoms with van der Waals surface area (Å²) in [6.45, 7) is 3.15. The van der Waals surface area contributed by atoms with E-state index in [2.05, 4.69) is 19.1 Å². The van der Waals surface area contributed by atoms with Crippen molar-refractivity contribution in [2.24, 2.45) is 5.92 Å². The molecule has 1 aliphatic rings. The third-order valence-corrected chi connectivity index (χ3v) is 6.20. The molecule has 0 atom stereocenters. The Bertz CT molecular complexity index is 461. The summed E-state index contributed by atoms with van der Waals surface area (Å²) < 4.78 is 6.10. The summed E-state index contributed by atoms with van der Waals surface area (Å²) in [7, 11) is 0. The van der Waals surface area contributed by atoms with Gasteiger partial charge in [-0.05, 0) is 42.9 Å². The highest BCUT2D eigenvalue weighted by molar-refractivity contribution is 5.32. The predicted molar refractivity (Wildman–Crippen MR) is 118 cm³/mol. The Labute approximate surface area is 169 Å². The summed E-state index contributed by atoms with van der Waals surface area (Å²) in [6, 6.07) is 9.47. The monoisotopic (exact) mass is 371 g/mol. The highest BCUT2D eigenvalue weighted by Crippen LogP contribution is 2.29. The Hall–Kier alpha value is -0.980. The number of aryl methyl sites for hydroxylation is 1. The Morgan fingerprint density at radius 1 is 0.889 bits per heavy atom. The molecule has 0 saturated heterocycles. The van der Waals surface area contributed by atoms with E-state index in [4.69, 9.17) is 4.74 Å². The lowest BCUT2D eigenvalue weighted by Gasteiger charge is -2.12. The molecule has 0 N–H and O–H groups in total. The molecular weight excluding hydrogens is 328 g/mol. The van der Waals surface area contributed by atoms with Crippen LogP contribution in [-0.2, 0) is 6.42 Å². The maximum Gasteiger partial charge on any atom is 0.123 e. The molecule has 0 heterocycles. The van der Waals surface area contributed by atoms with Gasteiger partial charge in [0, 0.05) is 0 Å². The first-order valence-corrected chi connectivity index (χ1v) is 12.0. The molecule has 0 amide bonds. The molecule has 153 valence electrons. The van der Waals surface area contributed by atoms with Crippen LogP contribution >= 0.6 is 0 Å². The number of benzene rings is 1. The molecule has 1 fully saturated rings. The summed E-state index contributed by atoms with van der Waals surface area (Å²) in [6.07, 6.45) is 23.4. The van der Waals surface area contributed by atoms with Gasteiger partial charge in [0.1, 0.15) is 5.75 Å². The van der Waals surface area contributed by atoms with Gasteiger partial charge in [-0.1, -0.05) is 109 Å². The van der Waals surface area contributed by atoms with Crippen molar-refractivity contribution in [2.75, 3.05) is 6.61 Å². The van der Waals surface area contributed by atoms with Gasteiger partial charge < -0.3 is 4.74 Å². The molecule has 27 heavy (non-hydrogen) atoms. The second-order valence-corrected chi connectivity index (χ2v) is 8.61. The predicted octanol–water partition coefficient (Wildman–Crippen LogP) is 8.30. The van der Waals surface area contributed by atoms with Gasteiger partial charge in [-0.2, -0.15) is 0 Å². The van der Waals surface area contributed by atoms with Crippen molar-refractivity contribution >= 4 is 0 Å². The summed E-state index contributed by atoms with van der Waals surface area (Å²) in [5, 5.41) is 0. The standard InChI is InChI=1S/C26H43O/c1-2-3-4-5-6-7-11-20-25-21-14-15-22-26(25)27-23-16-9-8-10-17-24-18-12-13-19-24/h14,21-22,24H,2-13,16-20,23H2,1H3. The van der Waals surface area contributed by atoms with E-state index in [1.165, 1.54) is 108 Å². The van der Waals surface area contributed by atoms with E-state index in [1.807, 2.05) is 12.1 Å². The van der Waals surface area contributed by atoms with E-state index in [0.29, 0.717) is 0 Å². The first-order chi connectivity index (χ1) is 13.4. The fraction of sp³-hybridized carbons (Fsp3) is 0.769. The quantitative estimate of drug-likeness (QED) is 0.265. The summed E-state index contributed by atoms with van der Waals surface area (Å²) in [5.41, 5.74) is 1.38. The van der Waals surface area contributed by atoms with E-state index < -0.39 is 0 Å². The molecule has 1 saturated carbocycles. The van der Waals surface area contributed by atoms with Crippen molar-refractivity contribution in [3.05, 3.63) is 29.8 Å². The minimum atomic E-state index is 0.866. The number of ether oxygens (including phenoxy) is 1. The summed E-state index contributed by atoms with van der Waals surface area (Å²) >= 11 is 0. The van der Waals surface area contributed by atoms with Crippen LogP contribution in [0.3, 0.4) is 0 Å². The third-order valence-electron chi connectivity index (χ3n) is 6.20. The normalized spacial score (nSPS) is 14.7. The molecule has 0 spiro atoms. The zero-order chi connectivity index (χ0) is 19.0. The highest BCUT2D eigenvalue weighted by Gasteiger charge is 2.13.